The van der Waals surface area contributed by atoms with E-state index in [1.54, 1.807) is 30.3 Å². The predicted molar refractivity (Wildman–Crippen MR) is 74.2 cm³/mol. The Morgan fingerprint density at radius 1 is 0.850 bits per heavy atom. The third-order valence-corrected chi connectivity index (χ3v) is 3.79. The van der Waals surface area contributed by atoms with E-state index in [1.165, 1.54) is 6.42 Å². The highest BCUT2D eigenvalue weighted by atomic mass is 19.3. The van der Waals surface area contributed by atoms with E-state index < -0.39 is 17.9 Å². The molecule has 1 fully saturated rings. The molecule has 110 valence electrons. The van der Waals surface area contributed by atoms with Gasteiger partial charge in [0.2, 0.25) is 0 Å². The summed E-state index contributed by atoms with van der Waals surface area (Å²) >= 11 is 0. The maximum absolute atomic E-state index is 14.0. The standard InChI is InChI=1S/C16H20F3N/c17-14(16(18)19)15(13-9-5-4-6-10-13)20-11-7-2-1-3-8-12-20/h4-6,9-10,15H,1-3,7-8,11-12H2. The van der Waals surface area contributed by atoms with Gasteiger partial charge in [0.05, 0.1) is 6.04 Å². The van der Waals surface area contributed by atoms with Crippen molar-refractivity contribution < 1.29 is 13.2 Å². The highest BCUT2D eigenvalue weighted by molar-refractivity contribution is 5.26. The lowest BCUT2D eigenvalue weighted by molar-refractivity contribution is 0.173. The minimum atomic E-state index is -2.21. The molecule has 2 rings (SSSR count). The number of nitrogens with zero attached hydrogens (tertiary/aromatic N) is 1. The largest absolute Gasteiger partial charge is 0.303 e. The zero-order chi connectivity index (χ0) is 14.4. The van der Waals surface area contributed by atoms with E-state index in [1.807, 2.05) is 4.90 Å². The SMILES string of the molecule is FC(F)=C(F)C(c1ccccc1)N1CCCCCCC1. The average molecular weight is 283 g/mol. The number of hydrogen-bond acceptors (Lipinski definition) is 1. The van der Waals surface area contributed by atoms with E-state index in [-0.39, 0.29) is 0 Å². The summed E-state index contributed by atoms with van der Waals surface area (Å²) in [7, 11) is 0. The lowest BCUT2D eigenvalue weighted by Gasteiger charge is -2.32. The van der Waals surface area contributed by atoms with Crippen LogP contribution in [0.1, 0.15) is 43.7 Å². The molecule has 1 saturated heterocycles. The van der Waals surface area contributed by atoms with Crippen LogP contribution in [0, 0.1) is 0 Å². The highest BCUT2D eigenvalue weighted by Crippen LogP contribution is 2.33. The van der Waals surface area contributed by atoms with Crippen molar-refractivity contribution in [1.29, 1.82) is 0 Å². The molecule has 1 atom stereocenters. The first kappa shape index (κ1) is 15.1. The van der Waals surface area contributed by atoms with Crippen molar-refractivity contribution in [3.05, 3.63) is 47.8 Å². The van der Waals surface area contributed by atoms with E-state index in [4.69, 9.17) is 0 Å². The van der Waals surface area contributed by atoms with Gasteiger partial charge in [0, 0.05) is 0 Å². The molecule has 0 aliphatic carbocycles. The van der Waals surface area contributed by atoms with E-state index in [2.05, 4.69) is 0 Å². The third-order valence-electron chi connectivity index (χ3n) is 3.79. The van der Waals surface area contributed by atoms with Crippen LogP contribution in [-0.4, -0.2) is 18.0 Å². The highest BCUT2D eigenvalue weighted by Gasteiger charge is 2.28. The Morgan fingerprint density at radius 3 is 1.95 bits per heavy atom. The van der Waals surface area contributed by atoms with E-state index in [9.17, 15) is 13.2 Å². The third kappa shape index (κ3) is 3.85. The second-order valence-corrected chi connectivity index (χ2v) is 5.23. The molecule has 0 spiro atoms. The van der Waals surface area contributed by atoms with Crippen LogP contribution in [0.4, 0.5) is 13.2 Å². The van der Waals surface area contributed by atoms with Crippen LogP contribution in [0.15, 0.2) is 42.2 Å². The van der Waals surface area contributed by atoms with Crippen molar-refractivity contribution in [1.82, 2.24) is 4.90 Å². The lowest BCUT2D eigenvalue weighted by atomic mass is 10.0. The average Bonchev–Trinajstić information content (AvgIpc) is 2.42. The monoisotopic (exact) mass is 283 g/mol. The van der Waals surface area contributed by atoms with E-state index in [0.29, 0.717) is 18.7 Å². The maximum Gasteiger partial charge on any atom is 0.303 e. The summed E-state index contributed by atoms with van der Waals surface area (Å²) in [6.45, 7) is 1.33. The van der Waals surface area contributed by atoms with Crippen LogP contribution < -0.4 is 0 Å². The quantitative estimate of drug-likeness (QED) is 0.748. The fraction of sp³-hybridized carbons (Fsp3) is 0.500. The molecule has 1 heterocycles. The molecule has 1 nitrogen and oxygen atoms in total. The number of rotatable bonds is 3. The van der Waals surface area contributed by atoms with Crippen molar-refractivity contribution in [3.63, 3.8) is 0 Å². The van der Waals surface area contributed by atoms with Crippen LogP contribution in [0.25, 0.3) is 0 Å². The summed E-state index contributed by atoms with van der Waals surface area (Å²) in [5.41, 5.74) is 0.596. The van der Waals surface area contributed by atoms with Gasteiger partial charge in [-0.05, 0) is 31.5 Å². The van der Waals surface area contributed by atoms with Gasteiger partial charge in [-0.15, -0.1) is 0 Å². The Hall–Kier alpha value is -1.29. The first-order chi connectivity index (χ1) is 9.70. The first-order valence-corrected chi connectivity index (χ1v) is 7.20. The molecule has 0 aromatic heterocycles. The number of hydrogen-bond donors (Lipinski definition) is 0. The summed E-state index contributed by atoms with van der Waals surface area (Å²) in [5.74, 6) is -1.31. The first-order valence-electron chi connectivity index (χ1n) is 7.20. The molecule has 1 unspecified atom stereocenters. The maximum atomic E-state index is 14.0. The van der Waals surface area contributed by atoms with Gasteiger partial charge >= 0.3 is 6.08 Å². The topological polar surface area (TPSA) is 3.24 Å². The molecule has 0 saturated carbocycles. The van der Waals surface area contributed by atoms with Crippen LogP contribution in [0.3, 0.4) is 0 Å². The van der Waals surface area contributed by atoms with Gasteiger partial charge in [0.25, 0.3) is 0 Å². The van der Waals surface area contributed by atoms with Gasteiger partial charge in [0.1, 0.15) is 0 Å². The second-order valence-electron chi connectivity index (χ2n) is 5.23. The van der Waals surface area contributed by atoms with Crippen molar-refractivity contribution in [2.24, 2.45) is 0 Å². The van der Waals surface area contributed by atoms with Gasteiger partial charge in [-0.2, -0.15) is 8.78 Å². The Kier molecular flexibility index (Phi) is 5.65. The number of benzene rings is 1. The van der Waals surface area contributed by atoms with Crippen molar-refractivity contribution >= 4 is 0 Å². The van der Waals surface area contributed by atoms with Gasteiger partial charge in [-0.1, -0.05) is 49.6 Å². The molecule has 1 aromatic rings. The molecule has 0 N–H and O–H groups in total. The molecular formula is C16H20F3N. The normalized spacial score (nSPS) is 18.9. The fourth-order valence-electron chi connectivity index (χ4n) is 2.79. The molecule has 1 aliphatic rings. The molecular weight excluding hydrogens is 263 g/mol. The minimum absolute atomic E-state index is 0.596. The van der Waals surface area contributed by atoms with Crippen LogP contribution in [0.2, 0.25) is 0 Å². The lowest BCUT2D eigenvalue weighted by Crippen LogP contribution is -2.32. The summed E-state index contributed by atoms with van der Waals surface area (Å²) in [5, 5.41) is 0. The van der Waals surface area contributed by atoms with Gasteiger partial charge in [-0.3, -0.25) is 4.90 Å². The van der Waals surface area contributed by atoms with Crippen molar-refractivity contribution in [3.8, 4) is 0 Å². The molecule has 20 heavy (non-hydrogen) atoms. The van der Waals surface area contributed by atoms with Gasteiger partial charge in [0.15, 0.2) is 5.83 Å². The molecule has 4 heteroatoms. The van der Waals surface area contributed by atoms with Gasteiger partial charge < -0.3 is 0 Å². The van der Waals surface area contributed by atoms with Crippen LogP contribution in [-0.2, 0) is 0 Å². The summed E-state index contributed by atoms with van der Waals surface area (Å²) in [6, 6.07) is 7.81. The zero-order valence-corrected chi connectivity index (χ0v) is 11.5. The van der Waals surface area contributed by atoms with E-state index >= 15 is 0 Å². The smallest absolute Gasteiger partial charge is 0.290 e. The van der Waals surface area contributed by atoms with Crippen molar-refractivity contribution in [2.45, 2.75) is 38.1 Å². The Morgan fingerprint density at radius 2 is 1.40 bits per heavy atom. The zero-order valence-electron chi connectivity index (χ0n) is 11.5. The van der Waals surface area contributed by atoms with Crippen LogP contribution >= 0.6 is 0 Å². The Labute approximate surface area is 118 Å². The number of likely N-dealkylation sites (tertiary alicyclic amines) is 1. The molecule has 1 aliphatic heterocycles. The minimum Gasteiger partial charge on any atom is -0.290 e. The summed E-state index contributed by atoms with van der Waals surface area (Å²) in [6.07, 6.45) is 3.01. The van der Waals surface area contributed by atoms with E-state index in [0.717, 1.165) is 25.7 Å². The molecule has 1 aromatic carbocycles. The summed E-state index contributed by atoms with van der Waals surface area (Å²) < 4.78 is 39.5. The second kappa shape index (κ2) is 7.48. The summed E-state index contributed by atoms with van der Waals surface area (Å²) in [4.78, 5) is 1.85. The van der Waals surface area contributed by atoms with Gasteiger partial charge in [-0.25, -0.2) is 4.39 Å². The fourth-order valence-corrected chi connectivity index (χ4v) is 2.79. The van der Waals surface area contributed by atoms with Crippen LogP contribution in [0.5, 0.6) is 0 Å². The number of halogens is 3. The van der Waals surface area contributed by atoms with Crippen molar-refractivity contribution in [2.75, 3.05) is 13.1 Å². The molecule has 0 radical (unpaired) electrons. The Bertz CT molecular complexity index is 432. The molecule has 0 bridgehead atoms. The Balaban J connectivity index is 2.28. The molecule has 0 amide bonds. The predicted octanol–water partition coefficient (Wildman–Crippen LogP) is 5.07.